The van der Waals surface area contributed by atoms with Gasteiger partial charge < -0.3 is 16.8 Å². The number of carbonyl (C=O) groups excluding carboxylic acids is 1. The zero-order valence-corrected chi connectivity index (χ0v) is 11.2. The average Bonchev–Trinajstić information content (AvgIpc) is 2.64. The second kappa shape index (κ2) is 5.07. The van der Waals surface area contributed by atoms with Crippen molar-refractivity contribution in [1.29, 1.82) is 0 Å². The molecular weight excluding hydrogens is 245 g/mol. The predicted octanol–water partition coefficient (Wildman–Crippen LogP) is 2.35. The van der Waals surface area contributed by atoms with E-state index in [-0.39, 0.29) is 17.3 Å². The van der Waals surface area contributed by atoms with Gasteiger partial charge in [-0.25, -0.2) is 4.39 Å². The largest absolute Gasteiger partial charge is 0.398 e. The number of hydrogen-bond acceptors (Lipinski definition) is 3. The Hall–Kier alpha value is -1.78. The van der Waals surface area contributed by atoms with Crippen LogP contribution >= 0.6 is 0 Å². The van der Waals surface area contributed by atoms with Crippen LogP contribution in [0.2, 0.25) is 0 Å². The summed E-state index contributed by atoms with van der Waals surface area (Å²) in [6, 6.07) is 2.77. The molecule has 0 spiro atoms. The fourth-order valence-electron chi connectivity index (χ4n) is 2.68. The minimum Gasteiger partial charge on any atom is -0.398 e. The maximum absolute atomic E-state index is 13.9. The molecule has 19 heavy (non-hydrogen) atoms. The first-order valence-electron chi connectivity index (χ1n) is 6.55. The summed E-state index contributed by atoms with van der Waals surface area (Å²) in [5, 5.41) is 3.17. The Morgan fingerprint density at radius 1 is 1.37 bits per heavy atom. The maximum atomic E-state index is 13.9. The number of halogens is 1. The number of nitrogens with one attached hydrogen (secondary N) is 1. The molecule has 3 atom stereocenters. The Morgan fingerprint density at radius 2 is 2.05 bits per heavy atom. The first-order valence-corrected chi connectivity index (χ1v) is 6.55. The van der Waals surface area contributed by atoms with Gasteiger partial charge in [0.25, 0.3) is 5.91 Å². The van der Waals surface area contributed by atoms with Crippen LogP contribution in [-0.4, -0.2) is 11.9 Å². The molecule has 4 nitrogen and oxygen atoms in total. The van der Waals surface area contributed by atoms with Crippen LogP contribution in [0.1, 0.15) is 37.0 Å². The van der Waals surface area contributed by atoms with Crippen LogP contribution in [0.5, 0.6) is 0 Å². The van der Waals surface area contributed by atoms with Gasteiger partial charge in [-0.05, 0) is 36.8 Å². The van der Waals surface area contributed by atoms with Crippen molar-refractivity contribution in [3.63, 3.8) is 0 Å². The lowest BCUT2D eigenvalue weighted by molar-refractivity contribution is 0.100. The van der Waals surface area contributed by atoms with Crippen molar-refractivity contribution in [1.82, 2.24) is 0 Å². The van der Waals surface area contributed by atoms with Gasteiger partial charge in [0.1, 0.15) is 5.82 Å². The summed E-state index contributed by atoms with van der Waals surface area (Å²) >= 11 is 0. The van der Waals surface area contributed by atoms with E-state index >= 15 is 0 Å². The molecule has 0 aromatic heterocycles. The highest BCUT2D eigenvalue weighted by molar-refractivity contribution is 5.99. The van der Waals surface area contributed by atoms with Crippen LogP contribution in [0.15, 0.2) is 12.1 Å². The van der Waals surface area contributed by atoms with Crippen molar-refractivity contribution in [2.24, 2.45) is 17.6 Å². The molecule has 0 saturated heterocycles. The smallest absolute Gasteiger partial charge is 0.250 e. The van der Waals surface area contributed by atoms with Crippen molar-refractivity contribution in [3.8, 4) is 0 Å². The van der Waals surface area contributed by atoms with E-state index in [1.165, 1.54) is 6.07 Å². The molecule has 1 aliphatic rings. The van der Waals surface area contributed by atoms with E-state index in [9.17, 15) is 9.18 Å². The molecule has 1 fully saturated rings. The first-order chi connectivity index (χ1) is 8.90. The third-order valence-electron chi connectivity index (χ3n) is 4.21. The van der Waals surface area contributed by atoms with Gasteiger partial charge in [-0.15, -0.1) is 0 Å². The number of carbonyl (C=O) groups is 1. The zero-order chi connectivity index (χ0) is 14.2. The molecule has 1 aromatic rings. The van der Waals surface area contributed by atoms with E-state index in [2.05, 4.69) is 19.2 Å². The molecule has 5 N–H and O–H groups in total. The summed E-state index contributed by atoms with van der Waals surface area (Å²) in [6.45, 7) is 4.35. The monoisotopic (exact) mass is 265 g/mol. The minimum absolute atomic E-state index is 0.0726. The number of nitrogen functional groups attached to an aromatic ring is 1. The van der Waals surface area contributed by atoms with Gasteiger partial charge >= 0.3 is 0 Å². The lowest BCUT2D eigenvalue weighted by Gasteiger charge is -2.21. The number of rotatable bonds is 3. The lowest BCUT2D eigenvalue weighted by Crippen LogP contribution is -2.25. The highest BCUT2D eigenvalue weighted by atomic mass is 19.1. The number of primary amides is 1. The molecule has 0 bridgehead atoms. The molecule has 5 heteroatoms. The van der Waals surface area contributed by atoms with E-state index in [4.69, 9.17) is 11.5 Å². The highest BCUT2D eigenvalue weighted by Crippen LogP contribution is 2.34. The molecule has 3 unspecified atom stereocenters. The van der Waals surface area contributed by atoms with Gasteiger partial charge in [-0.3, -0.25) is 4.79 Å². The minimum atomic E-state index is -0.645. The number of benzene rings is 1. The summed E-state index contributed by atoms with van der Waals surface area (Å²) in [7, 11) is 0. The van der Waals surface area contributed by atoms with Crippen molar-refractivity contribution in [2.45, 2.75) is 32.7 Å². The normalized spacial score (nSPS) is 26.4. The lowest BCUT2D eigenvalue weighted by atomic mass is 9.97. The van der Waals surface area contributed by atoms with Gasteiger partial charge in [0.05, 0.1) is 11.3 Å². The molecule has 0 radical (unpaired) electrons. The van der Waals surface area contributed by atoms with Crippen molar-refractivity contribution in [2.75, 3.05) is 11.1 Å². The molecule has 1 saturated carbocycles. The molecule has 2 rings (SSSR count). The van der Waals surface area contributed by atoms with Crippen molar-refractivity contribution >= 4 is 17.3 Å². The van der Waals surface area contributed by atoms with E-state index < -0.39 is 11.7 Å². The first kappa shape index (κ1) is 13.6. The number of amides is 1. The summed E-state index contributed by atoms with van der Waals surface area (Å²) < 4.78 is 13.9. The Labute approximate surface area is 112 Å². The van der Waals surface area contributed by atoms with E-state index in [0.717, 1.165) is 18.9 Å². The number of anilines is 2. The Balaban J connectivity index is 2.25. The third-order valence-corrected chi connectivity index (χ3v) is 4.21. The van der Waals surface area contributed by atoms with Crippen molar-refractivity contribution < 1.29 is 9.18 Å². The fraction of sp³-hybridized carbons (Fsp3) is 0.500. The predicted molar refractivity (Wildman–Crippen MR) is 74.3 cm³/mol. The molecule has 0 heterocycles. The van der Waals surface area contributed by atoms with Crippen LogP contribution in [-0.2, 0) is 0 Å². The number of nitrogens with two attached hydrogens (primary N) is 2. The second-order valence-electron chi connectivity index (χ2n) is 5.45. The SMILES string of the molecule is CC1CCC(Nc2cc(C(N)=O)c(N)cc2F)C1C. The van der Waals surface area contributed by atoms with Gasteiger partial charge in [0.2, 0.25) is 0 Å². The van der Waals surface area contributed by atoms with Gasteiger partial charge in [-0.2, -0.15) is 0 Å². The third kappa shape index (κ3) is 2.64. The molecule has 104 valence electrons. The summed E-state index contributed by atoms with van der Waals surface area (Å²) in [4.78, 5) is 11.2. The van der Waals surface area contributed by atoms with E-state index in [0.29, 0.717) is 17.5 Å². The Morgan fingerprint density at radius 3 is 2.58 bits per heavy atom. The molecule has 1 aromatic carbocycles. The molecule has 1 amide bonds. The van der Waals surface area contributed by atoms with Crippen molar-refractivity contribution in [3.05, 3.63) is 23.5 Å². The van der Waals surface area contributed by atoms with Gasteiger partial charge in [0.15, 0.2) is 0 Å². The van der Waals surface area contributed by atoms with Crippen LogP contribution in [0.25, 0.3) is 0 Å². The van der Waals surface area contributed by atoms with Crippen LogP contribution in [0.3, 0.4) is 0 Å². The van der Waals surface area contributed by atoms with Gasteiger partial charge in [-0.1, -0.05) is 13.8 Å². The topological polar surface area (TPSA) is 81.1 Å². The van der Waals surface area contributed by atoms with Crippen LogP contribution in [0, 0.1) is 17.7 Å². The van der Waals surface area contributed by atoms with E-state index in [1.807, 2.05) is 0 Å². The van der Waals surface area contributed by atoms with Gasteiger partial charge in [0, 0.05) is 11.7 Å². The molecule has 0 aliphatic heterocycles. The standard InChI is InChI=1S/C14H20FN3O/c1-7-3-4-12(8(7)2)18-13-5-9(14(17)19)11(16)6-10(13)15/h5-8,12,18H,3-4,16H2,1-2H3,(H2,17,19). The Bertz CT molecular complexity index is 504. The Kier molecular flexibility index (Phi) is 3.64. The molecular formula is C14H20FN3O. The second-order valence-corrected chi connectivity index (χ2v) is 5.45. The quantitative estimate of drug-likeness (QED) is 0.734. The summed E-state index contributed by atoms with van der Waals surface area (Å²) in [6.07, 6.45) is 2.12. The van der Waals surface area contributed by atoms with Crippen LogP contribution in [0.4, 0.5) is 15.8 Å². The zero-order valence-electron chi connectivity index (χ0n) is 11.2. The molecule has 1 aliphatic carbocycles. The number of hydrogen-bond donors (Lipinski definition) is 3. The summed E-state index contributed by atoms with van der Waals surface area (Å²) in [5.41, 5.74) is 11.3. The average molecular weight is 265 g/mol. The highest BCUT2D eigenvalue weighted by Gasteiger charge is 2.30. The maximum Gasteiger partial charge on any atom is 0.250 e. The van der Waals surface area contributed by atoms with Crippen LogP contribution < -0.4 is 16.8 Å². The summed E-state index contributed by atoms with van der Waals surface area (Å²) in [5.74, 6) is -0.0124. The van der Waals surface area contributed by atoms with E-state index in [1.54, 1.807) is 0 Å². The fourth-order valence-corrected chi connectivity index (χ4v) is 2.68.